The van der Waals surface area contributed by atoms with Crippen molar-refractivity contribution in [1.29, 1.82) is 0 Å². The quantitative estimate of drug-likeness (QED) is 0.534. The summed E-state index contributed by atoms with van der Waals surface area (Å²) in [5.74, 6) is -1.22. The second-order valence-electron chi connectivity index (χ2n) is 5.21. The van der Waals surface area contributed by atoms with Crippen molar-refractivity contribution in [3.05, 3.63) is 65.7 Å². The zero-order chi connectivity index (χ0) is 19.4. The predicted molar refractivity (Wildman–Crippen MR) is 100 cm³/mol. The van der Waals surface area contributed by atoms with E-state index in [1.807, 2.05) is 0 Å². The number of nitrogens with one attached hydrogen (secondary N) is 2. The maximum Gasteiger partial charge on any atom is 0.291 e. The molecule has 2 amide bonds. The molecule has 27 heavy (non-hydrogen) atoms. The van der Waals surface area contributed by atoms with E-state index in [0.29, 0.717) is 16.9 Å². The Morgan fingerprint density at radius 3 is 2.33 bits per heavy atom. The SMILES string of the molecule is NC(=O)c1ccccc1NS(=O)(=O)c1nnc(NC(=O)c2ccccc2)s1. The minimum absolute atomic E-state index is 0.0168. The molecular weight excluding hydrogens is 390 g/mol. The normalized spacial score (nSPS) is 11.0. The fourth-order valence-electron chi connectivity index (χ4n) is 2.10. The van der Waals surface area contributed by atoms with Crippen molar-refractivity contribution in [2.24, 2.45) is 5.73 Å². The molecule has 0 saturated heterocycles. The molecule has 2 aromatic carbocycles. The molecule has 0 saturated carbocycles. The van der Waals surface area contributed by atoms with Gasteiger partial charge in [0.25, 0.3) is 26.2 Å². The van der Waals surface area contributed by atoms with E-state index < -0.39 is 21.8 Å². The molecule has 11 heteroatoms. The van der Waals surface area contributed by atoms with E-state index in [-0.39, 0.29) is 20.7 Å². The second kappa shape index (κ2) is 7.51. The smallest absolute Gasteiger partial charge is 0.291 e. The molecule has 0 radical (unpaired) electrons. The van der Waals surface area contributed by atoms with Crippen LogP contribution in [0.4, 0.5) is 10.8 Å². The summed E-state index contributed by atoms with van der Waals surface area (Å²) in [7, 11) is -4.11. The van der Waals surface area contributed by atoms with Crippen LogP contribution in [0.1, 0.15) is 20.7 Å². The van der Waals surface area contributed by atoms with E-state index in [4.69, 9.17) is 5.73 Å². The molecule has 0 aliphatic carbocycles. The van der Waals surface area contributed by atoms with Gasteiger partial charge in [-0.1, -0.05) is 41.7 Å². The number of carbonyl (C=O) groups is 2. The van der Waals surface area contributed by atoms with Crippen molar-refractivity contribution in [3.8, 4) is 0 Å². The first kappa shape index (κ1) is 18.5. The summed E-state index contributed by atoms with van der Waals surface area (Å²) in [6, 6.07) is 14.3. The van der Waals surface area contributed by atoms with Crippen LogP contribution in [0.25, 0.3) is 0 Å². The Labute approximate surface area is 158 Å². The number of aromatic nitrogens is 2. The van der Waals surface area contributed by atoms with Crippen LogP contribution < -0.4 is 15.8 Å². The van der Waals surface area contributed by atoms with Crippen molar-refractivity contribution in [3.63, 3.8) is 0 Å². The molecular formula is C16H13N5O4S2. The van der Waals surface area contributed by atoms with Gasteiger partial charge in [0.2, 0.25) is 5.13 Å². The third-order valence-corrected chi connectivity index (χ3v) is 5.90. The highest BCUT2D eigenvalue weighted by molar-refractivity contribution is 7.94. The van der Waals surface area contributed by atoms with Crippen LogP contribution in [-0.2, 0) is 10.0 Å². The van der Waals surface area contributed by atoms with Gasteiger partial charge in [0.05, 0.1) is 11.3 Å². The first-order valence-electron chi connectivity index (χ1n) is 7.48. The van der Waals surface area contributed by atoms with E-state index in [9.17, 15) is 18.0 Å². The van der Waals surface area contributed by atoms with Gasteiger partial charge in [0.1, 0.15) is 0 Å². The standard InChI is InChI=1S/C16H13N5O4S2/c17-13(22)11-8-4-5-9-12(11)21-27(24,25)16-20-19-15(26-16)18-14(23)10-6-2-1-3-7-10/h1-9,21H,(H2,17,22)(H,18,19,23). The Morgan fingerprint density at radius 1 is 0.963 bits per heavy atom. The summed E-state index contributed by atoms with van der Waals surface area (Å²) < 4.78 is 26.8. The number of benzene rings is 2. The van der Waals surface area contributed by atoms with Crippen LogP contribution in [0.3, 0.4) is 0 Å². The van der Waals surface area contributed by atoms with E-state index in [1.165, 1.54) is 12.1 Å². The Hall–Kier alpha value is -3.31. The van der Waals surface area contributed by atoms with Gasteiger partial charge in [-0.15, -0.1) is 10.2 Å². The van der Waals surface area contributed by atoms with Crippen LogP contribution in [0.15, 0.2) is 58.9 Å². The van der Waals surface area contributed by atoms with Gasteiger partial charge in [-0.2, -0.15) is 8.42 Å². The zero-order valence-electron chi connectivity index (χ0n) is 13.6. The summed E-state index contributed by atoms with van der Waals surface area (Å²) in [5.41, 5.74) is 5.67. The maximum atomic E-state index is 12.5. The number of amides is 2. The lowest BCUT2D eigenvalue weighted by Crippen LogP contribution is -2.18. The number of primary amides is 1. The van der Waals surface area contributed by atoms with Crippen LogP contribution in [0, 0.1) is 0 Å². The van der Waals surface area contributed by atoms with Gasteiger partial charge in [-0.3, -0.25) is 19.6 Å². The second-order valence-corrected chi connectivity index (χ2v) is 8.04. The molecule has 0 aliphatic heterocycles. The lowest BCUT2D eigenvalue weighted by Gasteiger charge is -2.08. The Kier molecular flexibility index (Phi) is 5.14. The van der Waals surface area contributed by atoms with E-state index in [1.54, 1.807) is 42.5 Å². The van der Waals surface area contributed by atoms with E-state index >= 15 is 0 Å². The highest BCUT2D eigenvalue weighted by Crippen LogP contribution is 2.24. The lowest BCUT2D eigenvalue weighted by molar-refractivity contribution is 0.0998. The average molecular weight is 403 g/mol. The van der Waals surface area contributed by atoms with Crippen molar-refractivity contribution < 1.29 is 18.0 Å². The zero-order valence-corrected chi connectivity index (χ0v) is 15.3. The van der Waals surface area contributed by atoms with Gasteiger partial charge in [0, 0.05) is 5.56 Å². The number of para-hydroxylation sites is 1. The number of anilines is 2. The van der Waals surface area contributed by atoms with Crippen LogP contribution in [0.2, 0.25) is 0 Å². The van der Waals surface area contributed by atoms with Gasteiger partial charge in [-0.25, -0.2) is 0 Å². The molecule has 1 aromatic heterocycles. The number of hydrogen-bond acceptors (Lipinski definition) is 7. The van der Waals surface area contributed by atoms with E-state index in [2.05, 4.69) is 20.2 Å². The molecule has 4 N–H and O–H groups in total. The third-order valence-electron chi connectivity index (χ3n) is 3.33. The van der Waals surface area contributed by atoms with Crippen LogP contribution >= 0.6 is 11.3 Å². The largest absolute Gasteiger partial charge is 0.366 e. The van der Waals surface area contributed by atoms with Gasteiger partial charge >= 0.3 is 0 Å². The van der Waals surface area contributed by atoms with Crippen molar-refractivity contribution in [2.75, 3.05) is 10.0 Å². The molecule has 0 atom stereocenters. The molecule has 3 aromatic rings. The molecule has 0 fully saturated rings. The highest BCUT2D eigenvalue weighted by Gasteiger charge is 2.23. The Balaban J connectivity index is 1.79. The first-order valence-corrected chi connectivity index (χ1v) is 9.78. The van der Waals surface area contributed by atoms with Crippen molar-refractivity contribution in [1.82, 2.24) is 10.2 Å². The van der Waals surface area contributed by atoms with Gasteiger partial charge < -0.3 is 5.73 Å². The van der Waals surface area contributed by atoms with Crippen LogP contribution in [0.5, 0.6) is 0 Å². The Morgan fingerprint density at radius 2 is 1.63 bits per heavy atom. The maximum absolute atomic E-state index is 12.5. The summed E-state index contributed by atoms with van der Waals surface area (Å²) in [4.78, 5) is 23.5. The lowest BCUT2D eigenvalue weighted by atomic mass is 10.2. The summed E-state index contributed by atoms with van der Waals surface area (Å²) in [6.07, 6.45) is 0. The first-order chi connectivity index (χ1) is 12.9. The highest BCUT2D eigenvalue weighted by atomic mass is 32.2. The van der Waals surface area contributed by atoms with Crippen molar-refractivity contribution >= 4 is 44.0 Å². The monoisotopic (exact) mass is 403 g/mol. The number of nitrogens with two attached hydrogens (primary N) is 1. The topological polar surface area (TPSA) is 144 Å². The summed E-state index contributed by atoms with van der Waals surface area (Å²) >= 11 is 0.676. The predicted octanol–water partition coefficient (Wildman–Crippen LogP) is 1.69. The van der Waals surface area contributed by atoms with Gasteiger partial charge in [0.15, 0.2) is 0 Å². The van der Waals surface area contributed by atoms with E-state index in [0.717, 1.165) is 0 Å². The number of carbonyl (C=O) groups excluding carboxylic acids is 2. The number of hydrogen-bond donors (Lipinski definition) is 3. The van der Waals surface area contributed by atoms with Gasteiger partial charge in [-0.05, 0) is 24.3 Å². The molecule has 3 rings (SSSR count). The minimum atomic E-state index is -4.11. The fourth-order valence-corrected chi connectivity index (χ4v) is 4.08. The molecule has 138 valence electrons. The molecule has 0 bridgehead atoms. The summed E-state index contributed by atoms with van der Waals surface area (Å²) in [6.45, 7) is 0. The Bertz CT molecular complexity index is 1100. The molecule has 0 spiro atoms. The minimum Gasteiger partial charge on any atom is -0.366 e. The average Bonchev–Trinajstić information content (AvgIpc) is 3.12. The number of rotatable bonds is 6. The van der Waals surface area contributed by atoms with Crippen molar-refractivity contribution in [2.45, 2.75) is 4.34 Å². The summed E-state index contributed by atoms with van der Waals surface area (Å²) in [5, 5.41) is 9.77. The molecule has 9 nitrogen and oxygen atoms in total. The fraction of sp³-hybridized carbons (Fsp3) is 0. The molecule has 0 aliphatic rings. The number of sulfonamides is 1. The third kappa shape index (κ3) is 4.27. The van der Waals surface area contributed by atoms with Crippen LogP contribution in [-0.4, -0.2) is 30.4 Å². The molecule has 0 unspecified atom stereocenters. The number of nitrogens with zero attached hydrogens (tertiary/aromatic N) is 2. The molecule has 1 heterocycles.